The van der Waals surface area contributed by atoms with Crippen LogP contribution in [-0.4, -0.2) is 13.6 Å². The Hall–Kier alpha value is -1.16. The maximum Gasteiger partial charge on any atom is 0.149 e. The number of anilines is 1. The van der Waals surface area contributed by atoms with Gasteiger partial charge in [0.25, 0.3) is 0 Å². The van der Waals surface area contributed by atoms with E-state index in [9.17, 15) is 8.78 Å². The molecule has 2 N–H and O–H groups in total. The molecule has 2 rings (SSSR count). The lowest BCUT2D eigenvalue weighted by atomic mass is 10.1. The molecule has 0 unspecified atom stereocenters. The summed E-state index contributed by atoms with van der Waals surface area (Å²) in [5, 5.41) is 0. The smallest absolute Gasteiger partial charge is 0.149 e. The second-order valence-corrected chi connectivity index (χ2v) is 5.14. The topological polar surface area (TPSA) is 29.3 Å². The molecular formula is C14H20F2N2. The van der Waals surface area contributed by atoms with E-state index < -0.39 is 11.6 Å². The lowest BCUT2D eigenvalue weighted by Crippen LogP contribution is -2.26. The van der Waals surface area contributed by atoms with Crippen LogP contribution in [0.15, 0.2) is 12.1 Å². The van der Waals surface area contributed by atoms with Crippen molar-refractivity contribution in [3.05, 3.63) is 29.3 Å². The van der Waals surface area contributed by atoms with Gasteiger partial charge in [0.1, 0.15) is 17.3 Å². The minimum atomic E-state index is -0.518. The van der Waals surface area contributed by atoms with Gasteiger partial charge in [-0.3, -0.25) is 0 Å². The van der Waals surface area contributed by atoms with Gasteiger partial charge in [0.2, 0.25) is 0 Å². The van der Waals surface area contributed by atoms with Crippen LogP contribution >= 0.6 is 0 Å². The van der Waals surface area contributed by atoms with Gasteiger partial charge >= 0.3 is 0 Å². The number of benzene rings is 1. The molecule has 0 bridgehead atoms. The third kappa shape index (κ3) is 2.80. The number of halogens is 2. The molecule has 0 saturated heterocycles. The van der Waals surface area contributed by atoms with Crippen molar-refractivity contribution < 1.29 is 8.78 Å². The van der Waals surface area contributed by atoms with E-state index in [1.807, 2.05) is 0 Å². The molecule has 18 heavy (non-hydrogen) atoms. The maximum absolute atomic E-state index is 13.9. The fourth-order valence-corrected chi connectivity index (χ4v) is 2.77. The molecule has 1 aliphatic carbocycles. The van der Waals surface area contributed by atoms with E-state index in [1.165, 1.54) is 25.0 Å². The number of nitrogens with two attached hydrogens (primary N) is 1. The highest BCUT2D eigenvalue weighted by molar-refractivity contribution is 5.50. The normalized spacial score (nSPS) is 16.2. The molecule has 1 fully saturated rings. The second kappa shape index (κ2) is 5.65. The molecular weight excluding hydrogens is 234 g/mol. The highest BCUT2D eigenvalue weighted by atomic mass is 19.1. The molecule has 0 spiro atoms. The summed E-state index contributed by atoms with van der Waals surface area (Å²) in [6.07, 6.45) is 4.79. The number of rotatable bonds is 4. The molecule has 0 aromatic heterocycles. The minimum Gasteiger partial charge on any atom is -0.370 e. The van der Waals surface area contributed by atoms with Crippen molar-refractivity contribution in [1.82, 2.24) is 0 Å². The third-order valence-electron chi connectivity index (χ3n) is 3.70. The Bertz CT molecular complexity index is 391. The van der Waals surface area contributed by atoms with Crippen LogP contribution in [0.25, 0.3) is 0 Å². The average Bonchev–Trinajstić information content (AvgIpc) is 2.80. The van der Waals surface area contributed by atoms with Crippen molar-refractivity contribution in [1.29, 1.82) is 0 Å². The first-order valence-corrected chi connectivity index (χ1v) is 6.51. The molecule has 0 atom stereocenters. The van der Waals surface area contributed by atoms with Crippen LogP contribution in [0, 0.1) is 17.6 Å². The molecule has 1 aliphatic rings. The van der Waals surface area contributed by atoms with E-state index in [-0.39, 0.29) is 12.2 Å². The summed E-state index contributed by atoms with van der Waals surface area (Å²) in [4.78, 5) is 1.70. The second-order valence-electron chi connectivity index (χ2n) is 5.14. The minimum absolute atomic E-state index is 0.0686. The molecule has 0 aliphatic heterocycles. The molecule has 4 heteroatoms. The van der Waals surface area contributed by atoms with Gasteiger partial charge in [-0.2, -0.15) is 0 Å². The van der Waals surface area contributed by atoms with Crippen molar-refractivity contribution >= 4 is 5.69 Å². The first kappa shape index (κ1) is 13.3. The van der Waals surface area contributed by atoms with Crippen LogP contribution in [0.5, 0.6) is 0 Å². The molecule has 0 amide bonds. The summed E-state index contributed by atoms with van der Waals surface area (Å²) in [5.74, 6) is -0.477. The zero-order valence-electron chi connectivity index (χ0n) is 10.8. The molecule has 2 nitrogen and oxygen atoms in total. The standard InChI is InChI=1S/C14H20F2N2/c1-18(9-10-4-2-3-5-10)14-12(15)6-11(8-17)7-13(14)16/h6-7,10H,2-5,8-9,17H2,1H3. The first-order valence-electron chi connectivity index (χ1n) is 6.51. The van der Waals surface area contributed by atoms with Gasteiger partial charge < -0.3 is 10.6 Å². The van der Waals surface area contributed by atoms with Gasteiger partial charge in [-0.25, -0.2) is 8.78 Å². The number of hydrogen-bond donors (Lipinski definition) is 1. The van der Waals surface area contributed by atoms with Gasteiger partial charge in [0.05, 0.1) is 0 Å². The summed E-state index contributed by atoms with van der Waals surface area (Å²) >= 11 is 0. The van der Waals surface area contributed by atoms with Crippen LogP contribution < -0.4 is 10.6 Å². The van der Waals surface area contributed by atoms with Gasteiger partial charge in [0.15, 0.2) is 0 Å². The Kier molecular flexibility index (Phi) is 4.17. The monoisotopic (exact) mass is 254 g/mol. The Morgan fingerprint density at radius 2 is 1.78 bits per heavy atom. The van der Waals surface area contributed by atoms with Crippen LogP contribution in [0.2, 0.25) is 0 Å². The molecule has 1 aromatic carbocycles. The highest BCUT2D eigenvalue weighted by Crippen LogP contribution is 2.29. The fraction of sp³-hybridized carbons (Fsp3) is 0.571. The van der Waals surface area contributed by atoms with Crippen molar-refractivity contribution in [3.8, 4) is 0 Å². The lowest BCUT2D eigenvalue weighted by molar-refractivity contribution is 0.524. The van der Waals surface area contributed by atoms with Crippen LogP contribution in [0.4, 0.5) is 14.5 Å². The number of nitrogens with zero attached hydrogens (tertiary/aromatic N) is 1. The van der Waals surface area contributed by atoms with E-state index in [0.29, 0.717) is 11.5 Å². The van der Waals surface area contributed by atoms with Gasteiger partial charge in [-0.1, -0.05) is 12.8 Å². The SMILES string of the molecule is CN(CC1CCCC1)c1c(F)cc(CN)cc1F. The van der Waals surface area contributed by atoms with Crippen molar-refractivity contribution in [2.45, 2.75) is 32.2 Å². The number of hydrogen-bond acceptors (Lipinski definition) is 2. The molecule has 0 radical (unpaired) electrons. The summed E-state index contributed by atoms with van der Waals surface area (Å²) in [5.41, 5.74) is 5.96. The van der Waals surface area contributed by atoms with E-state index in [1.54, 1.807) is 11.9 Å². The third-order valence-corrected chi connectivity index (χ3v) is 3.70. The van der Waals surface area contributed by atoms with Crippen LogP contribution in [-0.2, 0) is 6.54 Å². The summed E-state index contributed by atoms with van der Waals surface area (Å²) in [6.45, 7) is 0.871. The Labute approximate surface area is 107 Å². The van der Waals surface area contributed by atoms with Gasteiger partial charge in [0, 0.05) is 20.1 Å². The van der Waals surface area contributed by atoms with Gasteiger partial charge in [-0.15, -0.1) is 0 Å². The lowest BCUT2D eigenvalue weighted by Gasteiger charge is -2.24. The predicted octanol–water partition coefficient (Wildman–Crippen LogP) is 3.05. The van der Waals surface area contributed by atoms with Crippen LogP contribution in [0.1, 0.15) is 31.2 Å². The van der Waals surface area contributed by atoms with Gasteiger partial charge in [-0.05, 0) is 36.5 Å². The molecule has 1 saturated carbocycles. The van der Waals surface area contributed by atoms with Crippen molar-refractivity contribution in [2.24, 2.45) is 11.7 Å². The maximum atomic E-state index is 13.9. The molecule has 1 aromatic rings. The quantitative estimate of drug-likeness (QED) is 0.894. The largest absolute Gasteiger partial charge is 0.370 e. The van der Waals surface area contributed by atoms with E-state index in [0.717, 1.165) is 19.4 Å². The van der Waals surface area contributed by atoms with Crippen molar-refractivity contribution in [2.75, 3.05) is 18.5 Å². The van der Waals surface area contributed by atoms with E-state index in [4.69, 9.17) is 5.73 Å². The van der Waals surface area contributed by atoms with Crippen LogP contribution in [0.3, 0.4) is 0 Å². The Morgan fingerprint density at radius 3 is 2.28 bits per heavy atom. The Balaban J connectivity index is 2.15. The summed E-state index contributed by atoms with van der Waals surface area (Å²) in [7, 11) is 1.75. The zero-order chi connectivity index (χ0) is 13.1. The highest BCUT2D eigenvalue weighted by Gasteiger charge is 2.21. The first-order chi connectivity index (χ1) is 8.61. The average molecular weight is 254 g/mol. The predicted molar refractivity (Wildman–Crippen MR) is 69.5 cm³/mol. The van der Waals surface area contributed by atoms with Crippen molar-refractivity contribution in [3.63, 3.8) is 0 Å². The van der Waals surface area contributed by atoms with E-state index >= 15 is 0 Å². The summed E-state index contributed by atoms with van der Waals surface area (Å²) < 4.78 is 27.8. The van der Waals surface area contributed by atoms with E-state index in [2.05, 4.69) is 0 Å². The zero-order valence-corrected chi connectivity index (χ0v) is 10.8. The fourth-order valence-electron chi connectivity index (χ4n) is 2.77. The summed E-state index contributed by atoms with van der Waals surface area (Å²) in [6, 6.07) is 2.65. The Morgan fingerprint density at radius 1 is 1.22 bits per heavy atom. The molecule has 100 valence electrons. The molecule has 0 heterocycles.